The van der Waals surface area contributed by atoms with E-state index in [4.69, 9.17) is 8.85 Å². The van der Waals surface area contributed by atoms with Crippen LogP contribution in [-0.4, -0.2) is 13.6 Å². The highest BCUT2D eigenvalue weighted by molar-refractivity contribution is 5.41. The molecule has 0 aliphatic carbocycles. The Balaban J connectivity index is 2.26. The first kappa shape index (κ1) is 6.46. The molecule has 1 N–H and O–H groups in total. The zero-order valence-corrected chi connectivity index (χ0v) is 8.34. The van der Waals surface area contributed by atoms with Crippen molar-refractivity contribution in [3.63, 3.8) is 0 Å². The molecule has 1 aromatic rings. The van der Waals surface area contributed by atoms with Crippen LogP contribution in [0, 0.1) is 6.92 Å². The molecule has 0 radical (unpaired) electrons. The quantitative estimate of drug-likeness (QED) is 0.780. The SMILES string of the molecule is [2H]C([2H])([2H])Oc1cccc(C2CCCN2)c1C. The van der Waals surface area contributed by atoms with Crippen LogP contribution in [0.2, 0.25) is 0 Å². The van der Waals surface area contributed by atoms with E-state index in [2.05, 4.69) is 5.32 Å². The molecule has 2 heteroatoms. The number of benzene rings is 1. The maximum Gasteiger partial charge on any atom is 0.122 e. The summed E-state index contributed by atoms with van der Waals surface area (Å²) in [7, 11) is -2.38. The van der Waals surface area contributed by atoms with Gasteiger partial charge in [-0.1, -0.05) is 12.1 Å². The van der Waals surface area contributed by atoms with E-state index in [-0.39, 0.29) is 0 Å². The van der Waals surface area contributed by atoms with E-state index in [1.54, 1.807) is 6.07 Å². The molecule has 1 unspecified atom stereocenters. The van der Waals surface area contributed by atoms with Gasteiger partial charge in [0.2, 0.25) is 0 Å². The summed E-state index contributed by atoms with van der Waals surface area (Å²) >= 11 is 0. The Hall–Kier alpha value is -1.02. The second-order valence-corrected chi connectivity index (χ2v) is 3.72. The van der Waals surface area contributed by atoms with Crippen LogP contribution >= 0.6 is 0 Å². The molecule has 0 bridgehead atoms. The second kappa shape index (κ2) is 4.01. The third-order valence-corrected chi connectivity index (χ3v) is 2.87. The van der Waals surface area contributed by atoms with Crippen LogP contribution in [0.3, 0.4) is 0 Å². The fourth-order valence-electron chi connectivity index (χ4n) is 2.07. The zero-order chi connectivity index (χ0) is 12.5. The first-order chi connectivity index (χ1) is 7.97. The van der Waals surface area contributed by atoms with E-state index in [0.717, 1.165) is 30.5 Å². The first-order valence-electron chi connectivity index (χ1n) is 6.49. The molecule has 2 rings (SSSR count). The number of ether oxygens (including phenoxy) is 1. The van der Waals surface area contributed by atoms with Crippen LogP contribution in [0.15, 0.2) is 18.2 Å². The largest absolute Gasteiger partial charge is 0.496 e. The predicted molar refractivity (Wildman–Crippen MR) is 57.7 cm³/mol. The summed E-state index contributed by atoms with van der Waals surface area (Å²) in [6.45, 7) is 2.94. The van der Waals surface area contributed by atoms with Gasteiger partial charge in [0.25, 0.3) is 0 Å². The van der Waals surface area contributed by atoms with Gasteiger partial charge in [-0.15, -0.1) is 0 Å². The highest BCUT2D eigenvalue weighted by Crippen LogP contribution is 2.30. The third kappa shape index (κ3) is 1.62. The van der Waals surface area contributed by atoms with E-state index in [0.29, 0.717) is 11.8 Å². The topological polar surface area (TPSA) is 21.3 Å². The van der Waals surface area contributed by atoms with Crippen molar-refractivity contribution in [3.05, 3.63) is 29.3 Å². The fraction of sp³-hybridized carbons (Fsp3) is 0.500. The third-order valence-electron chi connectivity index (χ3n) is 2.87. The molecule has 1 heterocycles. The van der Waals surface area contributed by atoms with Gasteiger partial charge in [-0.25, -0.2) is 0 Å². The van der Waals surface area contributed by atoms with Crippen molar-refractivity contribution in [1.82, 2.24) is 5.32 Å². The van der Waals surface area contributed by atoms with Gasteiger partial charge in [0.05, 0.1) is 11.2 Å². The molecule has 1 aromatic carbocycles. The number of hydrogen-bond donors (Lipinski definition) is 1. The molecular formula is C12H17NO. The lowest BCUT2D eigenvalue weighted by atomic mass is 9.99. The number of rotatable bonds is 2. The van der Waals surface area contributed by atoms with E-state index in [9.17, 15) is 0 Å². The van der Waals surface area contributed by atoms with Crippen molar-refractivity contribution >= 4 is 0 Å². The Morgan fingerprint density at radius 2 is 2.50 bits per heavy atom. The van der Waals surface area contributed by atoms with Crippen LogP contribution in [-0.2, 0) is 0 Å². The Morgan fingerprint density at radius 3 is 3.21 bits per heavy atom. The van der Waals surface area contributed by atoms with E-state index >= 15 is 0 Å². The van der Waals surface area contributed by atoms with Gasteiger partial charge < -0.3 is 10.1 Å². The van der Waals surface area contributed by atoms with E-state index < -0.39 is 7.04 Å². The van der Waals surface area contributed by atoms with E-state index in [1.807, 2.05) is 19.1 Å². The van der Waals surface area contributed by atoms with Crippen molar-refractivity contribution < 1.29 is 8.85 Å². The maximum atomic E-state index is 7.14. The van der Waals surface area contributed by atoms with Crippen molar-refractivity contribution in [2.45, 2.75) is 25.8 Å². The van der Waals surface area contributed by atoms with Crippen LogP contribution in [0.1, 0.15) is 34.1 Å². The van der Waals surface area contributed by atoms with Gasteiger partial charge in [-0.3, -0.25) is 0 Å². The fourth-order valence-corrected chi connectivity index (χ4v) is 2.07. The van der Waals surface area contributed by atoms with Crippen LogP contribution in [0.25, 0.3) is 0 Å². The highest BCUT2D eigenvalue weighted by atomic mass is 16.5. The molecule has 1 aliphatic rings. The van der Waals surface area contributed by atoms with Crippen molar-refractivity contribution in [2.24, 2.45) is 0 Å². The molecule has 1 fully saturated rings. The molecule has 1 atom stereocenters. The zero-order valence-electron chi connectivity index (χ0n) is 11.3. The normalized spacial score (nSPS) is 25.2. The summed E-state index contributed by atoms with van der Waals surface area (Å²) < 4.78 is 26.4. The molecule has 1 aliphatic heterocycles. The molecule has 0 spiro atoms. The van der Waals surface area contributed by atoms with Crippen molar-refractivity contribution in [2.75, 3.05) is 13.6 Å². The smallest absolute Gasteiger partial charge is 0.122 e. The highest BCUT2D eigenvalue weighted by Gasteiger charge is 2.18. The number of methoxy groups -OCH3 is 1. The minimum Gasteiger partial charge on any atom is -0.496 e. The van der Waals surface area contributed by atoms with Crippen LogP contribution < -0.4 is 10.1 Å². The van der Waals surface area contributed by atoms with Gasteiger partial charge in [0.15, 0.2) is 0 Å². The van der Waals surface area contributed by atoms with Gasteiger partial charge in [-0.2, -0.15) is 0 Å². The second-order valence-electron chi connectivity index (χ2n) is 3.72. The summed E-state index contributed by atoms with van der Waals surface area (Å²) in [6, 6.07) is 5.92. The van der Waals surface area contributed by atoms with Crippen molar-refractivity contribution in [1.29, 1.82) is 0 Å². The molecule has 0 aromatic heterocycles. The van der Waals surface area contributed by atoms with Crippen LogP contribution in [0.5, 0.6) is 5.75 Å². The summed E-state index contributed by atoms with van der Waals surface area (Å²) in [5.74, 6) is 0.455. The first-order valence-corrected chi connectivity index (χ1v) is 4.99. The average Bonchev–Trinajstić information content (AvgIpc) is 2.72. The Morgan fingerprint density at radius 1 is 1.57 bits per heavy atom. The van der Waals surface area contributed by atoms with Gasteiger partial charge in [0.1, 0.15) is 5.75 Å². The Kier molecular flexibility index (Phi) is 1.85. The van der Waals surface area contributed by atoms with Gasteiger partial charge >= 0.3 is 0 Å². The summed E-state index contributed by atoms with van der Waals surface area (Å²) in [4.78, 5) is 0. The maximum absolute atomic E-state index is 7.14. The Bertz CT molecular complexity index is 397. The lowest BCUT2D eigenvalue weighted by Crippen LogP contribution is -2.14. The molecule has 0 saturated carbocycles. The average molecular weight is 194 g/mol. The standard InChI is InChI=1S/C12H17NO/c1-9-10(11-6-4-8-13-11)5-3-7-12(9)14-2/h3,5,7,11,13H,4,6,8H2,1-2H3/i2D3. The van der Waals surface area contributed by atoms with Gasteiger partial charge in [0, 0.05) is 6.04 Å². The molecule has 14 heavy (non-hydrogen) atoms. The molecule has 2 nitrogen and oxygen atoms in total. The molecule has 0 amide bonds. The summed E-state index contributed by atoms with van der Waals surface area (Å²) in [5.41, 5.74) is 2.06. The minimum absolute atomic E-state index is 0.329. The monoisotopic (exact) mass is 194 g/mol. The minimum atomic E-state index is -2.38. The Labute approximate surface area is 89.5 Å². The molecule has 1 saturated heterocycles. The summed E-state index contributed by atoms with van der Waals surface area (Å²) in [5, 5.41) is 3.41. The lowest BCUT2D eigenvalue weighted by Gasteiger charge is -2.15. The van der Waals surface area contributed by atoms with Crippen LogP contribution in [0.4, 0.5) is 0 Å². The molecule has 76 valence electrons. The summed E-state index contributed by atoms with van der Waals surface area (Å²) in [6.07, 6.45) is 2.26. The van der Waals surface area contributed by atoms with Crippen molar-refractivity contribution in [3.8, 4) is 5.75 Å². The number of nitrogens with one attached hydrogen (secondary N) is 1. The number of hydrogen-bond acceptors (Lipinski definition) is 2. The van der Waals surface area contributed by atoms with Gasteiger partial charge in [-0.05, 0) is 43.5 Å². The lowest BCUT2D eigenvalue weighted by molar-refractivity contribution is 0.410. The predicted octanol–water partition coefficient (Wildman–Crippen LogP) is 2.43. The van der Waals surface area contributed by atoms with E-state index in [1.165, 1.54) is 0 Å². The molecular weight excluding hydrogens is 174 g/mol.